The molecular formula is C18H21NO. The normalized spacial score (nSPS) is 18.9. The third kappa shape index (κ3) is 2.69. The van der Waals surface area contributed by atoms with Gasteiger partial charge in [0.05, 0.1) is 5.69 Å². The summed E-state index contributed by atoms with van der Waals surface area (Å²) < 4.78 is 5.31. The van der Waals surface area contributed by atoms with Gasteiger partial charge in [-0.05, 0) is 56.6 Å². The summed E-state index contributed by atoms with van der Waals surface area (Å²) in [5.74, 6) is 1.59. The van der Waals surface area contributed by atoms with Crippen LogP contribution in [0.5, 0.6) is 0 Å². The number of hydrogen-bond acceptors (Lipinski definition) is 2. The van der Waals surface area contributed by atoms with Crippen molar-refractivity contribution in [3.05, 3.63) is 59.0 Å². The van der Waals surface area contributed by atoms with E-state index in [2.05, 4.69) is 41.6 Å². The number of aromatic nitrogens is 1. The predicted octanol–water partition coefficient (Wildman–Crippen LogP) is 4.72. The fourth-order valence-corrected chi connectivity index (χ4v) is 3.23. The van der Waals surface area contributed by atoms with Crippen molar-refractivity contribution < 1.29 is 4.52 Å². The number of nitrogens with zero attached hydrogens (tertiary/aromatic N) is 1. The average molecular weight is 267 g/mol. The van der Waals surface area contributed by atoms with Crippen molar-refractivity contribution in [2.45, 2.75) is 39.5 Å². The standard InChI is InChI=1S/C18H21NO/c1-13-18(14(2)20-19-13)17-10-6-9-16(12-17)11-15-7-4-3-5-8-15/h3-5,7-8,12,16H,6,9-11H2,1-2H3. The van der Waals surface area contributed by atoms with E-state index in [1.54, 1.807) is 0 Å². The van der Waals surface area contributed by atoms with E-state index >= 15 is 0 Å². The van der Waals surface area contributed by atoms with E-state index in [0.717, 1.165) is 24.3 Å². The van der Waals surface area contributed by atoms with Crippen LogP contribution >= 0.6 is 0 Å². The molecule has 1 aromatic carbocycles. The van der Waals surface area contributed by atoms with Crippen LogP contribution in [0.3, 0.4) is 0 Å². The van der Waals surface area contributed by atoms with Gasteiger partial charge in [0.15, 0.2) is 0 Å². The Morgan fingerprint density at radius 3 is 2.70 bits per heavy atom. The van der Waals surface area contributed by atoms with Gasteiger partial charge in [-0.2, -0.15) is 0 Å². The van der Waals surface area contributed by atoms with Crippen molar-refractivity contribution in [3.8, 4) is 0 Å². The molecule has 0 radical (unpaired) electrons. The predicted molar refractivity (Wildman–Crippen MR) is 81.4 cm³/mol. The van der Waals surface area contributed by atoms with E-state index in [-0.39, 0.29) is 0 Å². The van der Waals surface area contributed by atoms with Crippen LogP contribution in [0.15, 0.2) is 40.9 Å². The first-order valence-corrected chi connectivity index (χ1v) is 7.42. The minimum absolute atomic E-state index is 0.634. The third-order valence-corrected chi connectivity index (χ3v) is 4.15. The first kappa shape index (κ1) is 13.2. The van der Waals surface area contributed by atoms with Gasteiger partial charge in [-0.1, -0.05) is 41.6 Å². The van der Waals surface area contributed by atoms with E-state index in [4.69, 9.17) is 4.52 Å². The fourth-order valence-electron chi connectivity index (χ4n) is 3.23. The summed E-state index contributed by atoms with van der Waals surface area (Å²) in [6.45, 7) is 4.05. The van der Waals surface area contributed by atoms with Gasteiger partial charge in [0.1, 0.15) is 5.76 Å². The zero-order chi connectivity index (χ0) is 13.9. The Balaban J connectivity index is 1.83. The molecule has 1 unspecified atom stereocenters. The highest BCUT2D eigenvalue weighted by molar-refractivity contribution is 5.69. The van der Waals surface area contributed by atoms with Gasteiger partial charge >= 0.3 is 0 Å². The van der Waals surface area contributed by atoms with Crippen molar-refractivity contribution in [1.29, 1.82) is 0 Å². The summed E-state index contributed by atoms with van der Waals surface area (Å²) in [5, 5.41) is 4.08. The number of aryl methyl sites for hydroxylation is 2. The summed E-state index contributed by atoms with van der Waals surface area (Å²) in [6, 6.07) is 10.8. The fraction of sp³-hybridized carbons (Fsp3) is 0.389. The van der Waals surface area contributed by atoms with Crippen molar-refractivity contribution in [2.24, 2.45) is 5.92 Å². The largest absolute Gasteiger partial charge is 0.361 e. The lowest BCUT2D eigenvalue weighted by atomic mass is 9.83. The highest BCUT2D eigenvalue weighted by Gasteiger charge is 2.20. The Hall–Kier alpha value is -1.83. The van der Waals surface area contributed by atoms with Crippen LogP contribution in [-0.4, -0.2) is 5.16 Å². The molecule has 1 atom stereocenters. The summed E-state index contributed by atoms with van der Waals surface area (Å²) in [5.41, 5.74) is 5.11. The van der Waals surface area contributed by atoms with Gasteiger partial charge in [0, 0.05) is 5.56 Å². The minimum atomic E-state index is 0.634. The Bertz CT molecular complexity index is 590. The maximum atomic E-state index is 5.31. The molecule has 0 amide bonds. The Labute approximate surface area is 120 Å². The molecule has 0 saturated carbocycles. The van der Waals surface area contributed by atoms with Crippen molar-refractivity contribution in [3.63, 3.8) is 0 Å². The Kier molecular flexibility index (Phi) is 3.72. The second-order valence-electron chi connectivity index (χ2n) is 5.73. The second-order valence-corrected chi connectivity index (χ2v) is 5.73. The molecule has 104 valence electrons. The van der Waals surface area contributed by atoms with Gasteiger partial charge in [-0.15, -0.1) is 0 Å². The lowest BCUT2D eigenvalue weighted by molar-refractivity contribution is 0.393. The second kappa shape index (κ2) is 5.66. The number of rotatable bonds is 3. The van der Waals surface area contributed by atoms with Gasteiger partial charge in [0.2, 0.25) is 0 Å². The zero-order valence-corrected chi connectivity index (χ0v) is 12.2. The lowest BCUT2D eigenvalue weighted by Gasteiger charge is -2.21. The molecule has 0 fully saturated rings. The molecule has 1 heterocycles. The highest BCUT2D eigenvalue weighted by Crippen LogP contribution is 2.34. The first-order chi connectivity index (χ1) is 9.74. The summed E-state index contributed by atoms with van der Waals surface area (Å²) in [7, 11) is 0. The molecule has 1 aromatic heterocycles. The number of benzene rings is 1. The molecule has 0 bridgehead atoms. The smallest absolute Gasteiger partial charge is 0.141 e. The molecule has 1 aliphatic carbocycles. The van der Waals surface area contributed by atoms with Crippen molar-refractivity contribution in [1.82, 2.24) is 5.16 Å². The minimum Gasteiger partial charge on any atom is -0.361 e. The first-order valence-electron chi connectivity index (χ1n) is 7.42. The molecule has 2 aromatic rings. The molecule has 0 N–H and O–H groups in total. The third-order valence-electron chi connectivity index (χ3n) is 4.15. The molecule has 0 aliphatic heterocycles. The van der Waals surface area contributed by atoms with E-state index in [1.165, 1.54) is 29.5 Å². The maximum absolute atomic E-state index is 5.31. The van der Waals surface area contributed by atoms with E-state index in [1.807, 2.05) is 13.8 Å². The van der Waals surface area contributed by atoms with E-state index < -0.39 is 0 Å². The molecule has 3 rings (SSSR count). The highest BCUT2D eigenvalue weighted by atomic mass is 16.5. The number of hydrogen-bond donors (Lipinski definition) is 0. The molecule has 2 nitrogen and oxygen atoms in total. The average Bonchev–Trinajstić information content (AvgIpc) is 2.80. The van der Waals surface area contributed by atoms with Crippen LogP contribution in [-0.2, 0) is 6.42 Å². The summed E-state index contributed by atoms with van der Waals surface area (Å²) in [6.07, 6.45) is 7.26. The summed E-state index contributed by atoms with van der Waals surface area (Å²) in [4.78, 5) is 0. The van der Waals surface area contributed by atoms with Crippen LogP contribution in [0.4, 0.5) is 0 Å². The van der Waals surface area contributed by atoms with Crippen molar-refractivity contribution in [2.75, 3.05) is 0 Å². The summed E-state index contributed by atoms with van der Waals surface area (Å²) >= 11 is 0. The Morgan fingerprint density at radius 2 is 2.00 bits per heavy atom. The van der Waals surface area contributed by atoms with Crippen LogP contribution in [0.25, 0.3) is 5.57 Å². The molecule has 0 saturated heterocycles. The van der Waals surface area contributed by atoms with Crippen LogP contribution < -0.4 is 0 Å². The molecule has 1 aliphatic rings. The van der Waals surface area contributed by atoms with Gasteiger partial charge < -0.3 is 4.52 Å². The quantitative estimate of drug-likeness (QED) is 0.804. The molecule has 2 heteroatoms. The monoisotopic (exact) mass is 267 g/mol. The maximum Gasteiger partial charge on any atom is 0.141 e. The van der Waals surface area contributed by atoms with Crippen LogP contribution in [0.2, 0.25) is 0 Å². The molecule has 0 spiro atoms. The zero-order valence-electron chi connectivity index (χ0n) is 12.2. The molecule has 20 heavy (non-hydrogen) atoms. The van der Waals surface area contributed by atoms with E-state index in [9.17, 15) is 0 Å². The van der Waals surface area contributed by atoms with Crippen LogP contribution in [0, 0.1) is 19.8 Å². The van der Waals surface area contributed by atoms with Gasteiger partial charge in [-0.25, -0.2) is 0 Å². The van der Waals surface area contributed by atoms with E-state index in [0.29, 0.717) is 5.92 Å². The van der Waals surface area contributed by atoms with Crippen LogP contribution in [0.1, 0.15) is 41.8 Å². The van der Waals surface area contributed by atoms with Crippen molar-refractivity contribution >= 4 is 5.57 Å². The Morgan fingerprint density at radius 1 is 1.20 bits per heavy atom. The SMILES string of the molecule is Cc1noc(C)c1C1=CC(Cc2ccccc2)CCC1. The number of allylic oxidation sites excluding steroid dienone is 2. The molecular weight excluding hydrogens is 246 g/mol. The van der Waals surface area contributed by atoms with Gasteiger partial charge in [-0.3, -0.25) is 0 Å². The van der Waals surface area contributed by atoms with Gasteiger partial charge in [0.25, 0.3) is 0 Å². The topological polar surface area (TPSA) is 26.0 Å². The lowest BCUT2D eigenvalue weighted by Crippen LogP contribution is -2.08.